The number of carbonyl (C=O) groups is 3. The van der Waals surface area contributed by atoms with Crippen LogP contribution >= 0.6 is 11.3 Å². The van der Waals surface area contributed by atoms with Crippen LogP contribution in [0.5, 0.6) is 0 Å². The summed E-state index contributed by atoms with van der Waals surface area (Å²) in [5, 5.41) is 21.4. The number of amides is 2. The second-order valence-electron chi connectivity index (χ2n) is 10.4. The summed E-state index contributed by atoms with van der Waals surface area (Å²) >= 11 is 1.25. The van der Waals surface area contributed by atoms with Gasteiger partial charge in [-0.25, -0.2) is 9.78 Å². The minimum atomic E-state index is -2.24. The number of aromatic nitrogens is 2. The molecule has 0 radical (unpaired) electrons. The van der Waals surface area contributed by atoms with E-state index in [0.29, 0.717) is 11.2 Å². The number of aromatic carboxylic acids is 1. The van der Waals surface area contributed by atoms with E-state index in [4.69, 9.17) is 10.7 Å². The molecule has 3 heterocycles. The zero-order valence-electron chi connectivity index (χ0n) is 22.9. The molecule has 6 aromatic rings. The van der Waals surface area contributed by atoms with Crippen molar-refractivity contribution < 1.29 is 19.5 Å². The predicted molar refractivity (Wildman–Crippen MR) is 170 cm³/mol. The number of para-hydroxylation sites is 2. The lowest BCUT2D eigenvalue weighted by Crippen LogP contribution is -2.68. The molecule has 10 nitrogen and oxygen atoms in total. The van der Waals surface area contributed by atoms with Gasteiger partial charge in [-0.3, -0.25) is 14.6 Å². The van der Waals surface area contributed by atoms with E-state index in [9.17, 15) is 19.5 Å². The third-order valence-corrected chi connectivity index (χ3v) is 8.89. The van der Waals surface area contributed by atoms with E-state index in [0.717, 1.165) is 15.5 Å². The van der Waals surface area contributed by atoms with Gasteiger partial charge in [-0.2, -0.15) is 0 Å². The number of nitrogens with one attached hydrogen (secondary N) is 3. The van der Waals surface area contributed by atoms with E-state index in [1.54, 1.807) is 54.7 Å². The number of anilines is 3. The highest BCUT2D eigenvalue weighted by Gasteiger charge is 2.66. The lowest BCUT2D eigenvalue weighted by molar-refractivity contribution is -0.135. The Labute approximate surface area is 254 Å². The molecule has 0 fully saturated rings. The van der Waals surface area contributed by atoms with E-state index in [1.807, 2.05) is 48.5 Å². The van der Waals surface area contributed by atoms with Crippen molar-refractivity contribution in [1.29, 1.82) is 0 Å². The summed E-state index contributed by atoms with van der Waals surface area (Å²) in [7, 11) is 0. The Kier molecular flexibility index (Phi) is 6.25. The number of fused-ring (bicyclic) bond motifs is 3. The van der Waals surface area contributed by atoms with Crippen molar-refractivity contribution in [1.82, 2.24) is 9.97 Å². The monoisotopic (exact) mass is 600 g/mol. The number of thiazole rings is 1. The predicted octanol–water partition coefficient (Wildman–Crippen LogP) is 5.30. The van der Waals surface area contributed by atoms with Crippen molar-refractivity contribution in [3.8, 4) is 0 Å². The summed E-state index contributed by atoms with van der Waals surface area (Å²) in [6.45, 7) is 0. The van der Waals surface area contributed by atoms with Crippen molar-refractivity contribution in [2.24, 2.45) is 5.73 Å². The minimum absolute atomic E-state index is 0.0596. The quantitative estimate of drug-likeness (QED) is 0.155. The fraction of sp³-hybridized carbons (Fsp3) is 0.0606. The molecule has 0 aliphatic carbocycles. The molecule has 0 saturated heterocycles. The van der Waals surface area contributed by atoms with E-state index < -0.39 is 28.9 Å². The standard InChI is InChI=1S/C33H24N6O4S/c34-29(42)32(21-11-2-1-3-12-21,30(43)37-31-36-23-14-6-7-16-25(23)44-31)33(26-17-19-9-4-5-10-20(19)18-35-26)38-24-15-8-13-22(28(40)41)27(24)39-33/h1-18,38-39H,(H2,34,42)(H,40,41)(H,36,37,43). The molecule has 7 rings (SSSR count). The zero-order chi connectivity index (χ0) is 30.5. The topological polar surface area (TPSA) is 159 Å². The maximum atomic E-state index is 14.9. The molecule has 2 amide bonds. The smallest absolute Gasteiger partial charge is 0.337 e. The maximum absolute atomic E-state index is 14.9. The van der Waals surface area contributed by atoms with Crippen LogP contribution in [0.15, 0.2) is 109 Å². The van der Waals surface area contributed by atoms with E-state index in [2.05, 4.69) is 20.9 Å². The highest BCUT2D eigenvalue weighted by Crippen LogP contribution is 2.52. The normalized spacial score (nSPS) is 16.8. The Hall–Kier alpha value is -5.81. The average molecular weight is 601 g/mol. The molecule has 1 aliphatic heterocycles. The Morgan fingerprint density at radius 3 is 2.34 bits per heavy atom. The third kappa shape index (κ3) is 3.97. The molecule has 0 bridgehead atoms. The van der Waals surface area contributed by atoms with Gasteiger partial charge >= 0.3 is 5.97 Å². The summed E-state index contributed by atoms with van der Waals surface area (Å²) in [5.74, 6) is -2.97. The molecule has 2 unspecified atom stereocenters. The van der Waals surface area contributed by atoms with Crippen molar-refractivity contribution >= 4 is 66.6 Å². The van der Waals surface area contributed by atoms with Crippen LogP contribution in [0.2, 0.25) is 0 Å². The summed E-state index contributed by atoms with van der Waals surface area (Å²) in [5.41, 5.74) is 3.87. The van der Waals surface area contributed by atoms with E-state index >= 15 is 0 Å². The highest BCUT2D eigenvalue weighted by molar-refractivity contribution is 7.22. The van der Waals surface area contributed by atoms with Gasteiger partial charge in [-0.1, -0.05) is 84.1 Å². The Balaban J connectivity index is 1.52. The molecule has 1 aliphatic rings. The lowest BCUT2D eigenvalue weighted by atomic mass is 9.66. The van der Waals surface area contributed by atoms with Crippen molar-refractivity contribution in [2.45, 2.75) is 11.1 Å². The second kappa shape index (κ2) is 10.2. The highest BCUT2D eigenvalue weighted by atomic mass is 32.1. The number of nitrogens with two attached hydrogens (primary N) is 1. The van der Waals surface area contributed by atoms with Crippen molar-refractivity contribution in [2.75, 3.05) is 16.0 Å². The molecule has 216 valence electrons. The summed E-state index contributed by atoms with van der Waals surface area (Å²) in [6.07, 6.45) is 1.64. The van der Waals surface area contributed by atoms with Gasteiger partial charge < -0.3 is 26.8 Å². The number of benzene rings is 4. The SMILES string of the molecule is NC(=O)C(C(=O)Nc1nc2ccccc2s1)(c1ccccc1)C1(c2cc3ccccc3cn2)Nc2cccc(C(=O)O)c2N1. The first-order valence-electron chi connectivity index (χ1n) is 13.6. The van der Waals surface area contributed by atoms with Crippen molar-refractivity contribution in [3.63, 3.8) is 0 Å². The number of carboxylic acid groups (broad SMARTS) is 1. The number of rotatable bonds is 7. The summed E-state index contributed by atoms with van der Waals surface area (Å²) < 4.78 is 0.841. The Morgan fingerprint density at radius 2 is 1.59 bits per heavy atom. The number of primary amides is 1. The van der Waals surface area contributed by atoms with Gasteiger partial charge in [-0.15, -0.1) is 0 Å². The first-order chi connectivity index (χ1) is 21.3. The van der Waals surface area contributed by atoms with Gasteiger partial charge in [0.1, 0.15) is 0 Å². The average Bonchev–Trinajstić information content (AvgIpc) is 3.63. The first-order valence-corrected chi connectivity index (χ1v) is 14.5. The van der Waals surface area contributed by atoms with Gasteiger partial charge in [-0.05, 0) is 41.3 Å². The molecule has 11 heteroatoms. The van der Waals surface area contributed by atoms with Crippen LogP contribution in [0.25, 0.3) is 21.0 Å². The number of pyridine rings is 1. The molecule has 2 aromatic heterocycles. The second-order valence-corrected chi connectivity index (χ2v) is 11.4. The molecular formula is C33H24N6O4S. The molecular weight excluding hydrogens is 576 g/mol. The van der Waals surface area contributed by atoms with E-state index in [-0.39, 0.29) is 27.6 Å². The zero-order valence-corrected chi connectivity index (χ0v) is 23.8. The number of hydrogen-bond donors (Lipinski definition) is 5. The minimum Gasteiger partial charge on any atom is -0.478 e. The largest absolute Gasteiger partial charge is 0.478 e. The Morgan fingerprint density at radius 1 is 0.864 bits per heavy atom. The summed E-state index contributed by atoms with van der Waals surface area (Å²) in [6, 6.07) is 29.8. The molecule has 44 heavy (non-hydrogen) atoms. The molecule has 6 N–H and O–H groups in total. The number of nitrogens with zero attached hydrogens (tertiary/aromatic N) is 2. The van der Waals surface area contributed by atoms with Crippen LogP contribution in [0, 0.1) is 0 Å². The van der Waals surface area contributed by atoms with Gasteiger partial charge in [0.25, 0.3) is 5.91 Å². The van der Waals surface area contributed by atoms with Crippen LogP contribution in [-0.4, -0.2) is 32.9 Å². The molecule has 4 aromatic carbocycles. The third-order valence-electron chi connectivity index (χ3n) is 7.94. The van der Waals surface area contributed by atoms with Crippen LogP contribution in [-0.2, 0) is 20.7 Å². The van der Waals surface area contributed by atoms with E-state index in [1.165, 1.54) is 17.4 Å². The maximum Gasteiger partial charge on any atom is 0.337 e. The number of hydrogen-bond acceptors (Lipinski definition) is 8. The van der Waals surface area contributed by atoms with Gasteiger partial charge in [0.05, 0.1) is 32.8 Å². The van der Waals surface area contributed by atoms with Crippen LogP contribution in [0.3, 0.4) is 0 Å². The van der Waals surface area contributed by atoms with Crippen molar-refractivity contribution in [3.05, 3.63) is 126 Å². The Bertz CT molecular complexity index is 2080. The first kappa shape index (κ1) is 27.0. The number of carbonyl (C=O) groups excluding carboxylic acids is 2. The molecule has 0 saturated carbocycles. The van der Waals surface area contributed by atoms with Crippen LogP contribution < -0.4 is 21.7 Å². The fourth-order valence-electron chi connectivity index (χ4n) is 5.95. The van der Waals surface area contributed by atoms with Crippen LogP contribution in [0.4, 0.5) is 16.5 Å². The van der Waals surface area contributed by atoms with Gasteiger partial charge in [0.15, 0.2) is 16.2 Å². The molecule has 0 spiro atoms. The van der Waals surface area contributed by atoms with Gasteiger partial charge in [0, 0.05) is 11.6 Å². The van der Waals surface area contributed by atoms with Crippen LogP contribution in [0.1, 0.15) is 21.6 Å². The lowest BCUT2D eigenvalue weighted by Gasteiger charge is -2.45. The fourth-order valence-corrected chi connectivity index (χ4v) is 6.81. The summed E-state index contributed by atoms with van der Waals surface area (Å²) in [4.78, 5) is 50.7. The molecule has 2 atom stereocenters. The van der Waals surface area contributed by atoms with Gasteiger partial charge in [0.2, 0.25) is 5.91 Å². The number of carboxylic acids is 1.